The van der Waals surface area contributed by atoms with Crippen molar-refractivity contribution in [3.05, 3.63) is 97.1 Å². The molecule has 8 nitrogen and oxygen atoms in total. The molecule has 4 aromatic carbocycles. The monoisotopic (exact) mass is 530 g/mol. The van der Waals surface area contributed by atoms with Gasteiger partial charge in [0.25, 0.3) is 0 Å². The number of ether oxygens (including phenoxy) is 2. The summed E-state index contributed by atoms with van der Waals surface area (Å²) >= 11 is 0. The van der Waals surface area contributed by atoms with Gasteiger partial charge < -0.3 is 9.47 Å². The highest BCUT2D eigenvalue weighted by molar-refractivity contribution is 5.74. The fourth-order valence-corrected chi connectivity index (χ4v) is 5.29. The minimum atomic E-state index is 0.574. The van der Waals surface area contributed by atoms with Gasteiger partial charge in [0.05, 0.1) is 24.6 Å². The molecule has 0 unspecified atom stereocenters. The number of nitrogens with zero attached hydrogens (tertiary/aromatic N) is 6. The van der Waals surface area contributed by atoms with Crippen molar-refractivity contribution in [2.45, 2.75) is 25.7 Å². The topological polar surface area (TPSA) is 79.9 Å². The first-order valence-electron chi connectivity index (χ1n) is 13.9. The zero-order chi connectivity index (χ0) is 26.7. The largest absolute Gasteiger partial charge is 0.493 e. The number of hydrogen-bond donors (Lipinski definition) is 0. The Morgan fingerprint density at radius 1 is 0.475 bits per heavy atom. The molecular formula is C32H30N6O2. The van der Waals surface area contributed by atoms with Crippen molar-refractivity contribution in [1.29, 1.82) is 0 Å². The van der Waals surface area contributed by atoms with E-state index in [1.165, 1.54) is 0 Å². The maximum Gasteiger partial charge on any atom is 0.119 e. The van der Waals surface area contributed by atoms with Crippen LogP contribution in [0.25, 0.3) is 33.4 Å². The summed E-state index contributed by atoms with van der Waals surface area (Å²) in [5.74, 6) is 2.91. The zero-order valence-electron chi connectivity index (χ0n) is 22.1. The molecule has 7 rings (SSSR count). The number of aromatic nitrogens is 6. The highest BCUT2D eigenvalue weighted by Gasteiger charge is 2.22. The van der Waals surface area contributed by atoms with Gasteiger partial charge in [0.15, 0.2) is 0 Å². The van der Waals surface area contributed by atoms with E-state index in [2.05, 4.69) is 20.4 Å². The fourth-order valence-electron chi connectivity index (χ4n) is 5.29. The zero-order valence-corrected chi connectivity index (χ0v) is 22.1. The van der Waals surface area contributed by atoms with Gasteiger partial charge in [-0.2, -0.15) is 9.59 Å². The molecule has 0 aliphatic heterocycles. The van der Waals surface area contributed by atoms with Gasteiger partial charge in [-0.05, 0) is 110 Å². The van der Waals surface area contributed by atoms with Gasteiger partial charge in [0.1, 0.15) is 33.6 Å². The van der Waals surface area contributed by atoms with Crippen molar-refractivity contribution in [3.63, 3.8) is 0 Å². The smallest absolute Gasteiger partial charge is 0.119 e. The fraction of sp³-hybridized carbons (Fsp3) is 0.250. The predicted octanol–water partition coefficient (Wildman–Crippen LogP) is 6.42. The molecule has 1 fully saturated rings. The molecule has 8 heteroatoms. The molecule has 0 atom stereocenters. The molecule has 0 amide bonds. The van der Waals surface area contributed by atoms with E-state index in [1.807, 2.05) is 97.1 Å². The van der Waals surface area contributed by atoms with Crippen molar-refractivity contribution in [3.8, 4) is 22.9 Å². The van der Waals surface area contributed by atoms with Crippen molar-refractivity contribution in [2.75, 3.05) is 13.2 Å². The van der Waals surface area contributed by atoms with E-state index < -0.39 is 0 Å². The molecule has 0 bridgehead atoms. The number of rotatable bonds is 8. The first kappa shape index (κ1) is 24.3. The molecule has 40 heavy (non-hydrogen) atoms. The molecule has 6 aromatic rings. The Kier molecular flexibility index (Phi) is 6.57. The summed E-state index contributed by atoms with van der Waals surface area (Å²) in [6.45, 7) is 1.49. The molecule has 2 heterocycles. The first-order valence-corrected chi connectivity index (χ1v) is 13.9. The van der Waals surface area contributed by atoms with Crippen molar-refractivity contribution >= 4 is 22.1 Å². The summed E-state index contributed by atoms with van der Waals surface area (Å²) in [5, 5.41) is 18.2. The highest BCUT2D eigenvalue weighted by Crippen LogP contribution is 2.30. The van der Waals surface area contributed by atoms with Crippen molar-refractivity contribution in [2.24, 2.45) is 11.8 Å². The van der Waals surface area contributed by atoms with Crippen LogP contribution < -0.4 is 9.47 Å². The van der Waals surface area contributed by atoms with Crippen LogP contribution in [0.3, 0.4) is 0 Å². The van der Waals surface area contributed by atoms with Gasteiger partial charge in [-0.25, -0.2) is 0 Å². The summed E-state index contributed by atoms with van der Waals surface area (Å²) in [6.07, 6.45) is 4.64. The van der Waals surface area contributed by atoms with Crippen molar-refractivity contribution in [1.82, 2.24) is 30.0 Å². The summed E-state index contributed by atoms with van der Waals surface area (Å²) < 4.78 is 12.3. The number of fused-ring (bicyclic) bond motifs is 2. The molecule has 1 aliphatic rings. The SMILES string of the molecule is c1ccc2nn(-c3ccc(OCC4CCC(COc5ccc(-n6nc7ccccc7n6)cc5)CC4)cc3)nc2c1. The highest BCUT2D eigenvalue weighted by atomic mass is 16.5. The number of hydrogen-bond acceptors (Lipinski definition) is 6. The lowest BCUT2D eigenvalue weighted by atomic mass is 9.83. The van der Waals surface area contributed by atoms with Gasteiger partial charge >= 0.3 is 0 Å². The molecule has 0 N–H and O–H groups in total. The van der Waals surface area contributed by atoms with Gasteiger partial charge in [-0.3, -0.25) is 0 Å². The summed E-state index contributed by atoms with van der Waals surface area (Å²) in [4.78, 5) is 3.34. The van der Waals surface area contributed by atoms with Crippen LogP contribution >= 0.6 is 0 Å². The third-order valence-corrected chi connectivity index (χ3v) is 7.65. The van der Waals surface area contributed by atoms with Crippen LogP contribution in [-0.4, -0.2) is 43.2 Å². The summed E-state index contributed by atoms with van der Waals surface area (Å²) in [7, 11) is 0. The van der Waals surface area contributed by atoms with E-state index in [9.17, 15) is 0 Å². The van der Waals surface area contributed by atoms with Crippen LogP contribution in [0.15, 0.2) is 97.1 Å². The van der Waals surface area contributed by atoms with Gasteiger partial charge in [-0.1, -0.05) is 24.3 Å². The normalized spacial score (nSPS) is 17.3. The third-order valence-electron chi connectivity index (χ3n) is 7.65. The van der Waals surface area contributed by atoms with Crippen LogP contribution in [-0.2, 0) is 0 Å². The minimum absolute atomic E-state index is 0.574. The average molecular weight is 531 g/mol. The third kappa shape index (κ3) is 5.25. The number of benzene rings is 4. The Morgan fingerprint density at radius 2 is 0.800 bits per heavy atom. The molecule has 2 aromatic heterocycles. The second-order valence-corrected chi connectivity index (χ2v) is 10.5. The van der Waals surface area contributed by atoms with Crippen LogP contribution in [0.1, 0.15) is 25.7 Å². The molecule has 1 aliphatic carbocycles. The van der Waals surface area contributed by atoms with E-state index in [-0.39, 0.29) is 0 Å². The molecule has 1 saturated carbocycles. The van der Waals surface area contributed by atoms with E-state index in [1.54, 1.807) is 9.59 Å². The Bertz CT molecular complexity index is 1520. The van der Waals surface area contributed by atoms with Crippen molar-refractivity contribution < 1.29 is 9.47 Å². The molecule has 0 saturated heterocycles. The summed E-state index contributed by atoms with van der Waals surface area (Å²) in [6, 6.07) is 31.8. The predicted molar refractivity (Wildman–Crippen MR) is 154 cm³/mol. The molecule has 0 spiro atoms. The standard InChI is InChI=1S/C32H30N6O2/c1-2-6-30-29(5-1)33-37(34-30)25-13-17-27(18-14-25)39-21-23-9-11-24(12-10-23)22-40-28-19-15-26(16-20-28)38-35-31-7-3-4-8-32(31)36-38/h1-8,13-20,23-24H,9-12,21-22H2. The Morgan fingerprint density at radius 3 is 1.12 bits per heavy atom. The van der Waals surface area contributed by atoms with E-state index in [4.69, 9.17) is 9.47 Å². The Balaban J connectivity index is 0.860. The maximum absolute atomic E-state index is 6.13. The lowest BCUT2D eigenvalue weighted by Crippen LogP contribution is -2.23. The first-order chi connectivity index (χ1) is 19.8. The van der Waals surface area contributed by atoms with Crippen LogP contribution in [0.4, 0.5) is 0 Å². The van der Waals surface area contributed by atoms with Crippen LogP contribution in [0.5, 0.6) is 11.5 Å². The van der Waals surface area contributed by atoms with E-state index >= 15 is 0 Å². The van der Waals surface area contributed by atoms with Gasteiger partial charge in [0.2, 0.25) is 0 Å². The second-order valence-electron chi connectivity index (χ2n) is 10.5. The molecule has 0 radical (unpaired) electrons. The quantitative estimate of drug-likeness (QED) is 0.226. The second kappa shape index (κ2) is 10.8. The minimum Gasteiger partial charge on any atom is -0.493 e. The van der Waals surface area contributed by atoms with E-state index in [0.29, 0.717) is 11.8 Å². The lowest BCUT2D eigenvalue weighted by molar-refractivity contribution is 0.148. The lowest BCUT2D eigenvalue weighted by Gasteiger charge is -2.28. The molecular weight excluding hydrogens is 500 g/mol. The Labute approximate surface area is 232 Å². The van der Waals surface area contributed by atoms with E-state index in [0.717, 1.165) is 83.8 Å². The summed E-state index contributed by atoms with van der Waals surface area (Å²) in [5.41, 5.74) is 5.39. The average Bonchev–Trinajstić information content (AvgIpc) is 3.65. The Hall–Kier alpha value is -4.72. The molecule has 200 valence electrons. The van der Waals surface area contributed by atoms with Crippen LogP contribution in [0.2, 0.25) is 0 Å². The van der Waals surface area contributed by atoms with Crippen LogP contribution in [0, 0.1) is 11.8 Å². The maximum atomic E-state index is 6.13. The van der Waals surface area contributed by atoms with Gasteiger partial charge in [0, 0.05) is 0 Å². The van der Waals surface area contributed by atoms with Gasteiger partial charge in [-0.15, -0.1) is 20.4 Å².